The first-order valence-corrected chi connectivity index (χ1v) is 20.8. The van der Waals surface area contributed by atoms with Crippen LogP contribution in [0.2, 0.25) is 0 Å². The minimum atomic E-state index is -2.31. The normalized spacial score (nSPS) is 36.2. The average molecular weight is 815 g/mol. The van der Waals surface area contributed by atoms with Gasteiger partial charge in [0.15, 0.2) is 6.10 Å². The molecule has 6 heterocycles. The van der Waals surface area contributed by atoms with Gasteiger partial charge in [0, 0.05) is 91.4 Å². The number of hydrogen-bond acceptors (Lipinski definition) is 12. The molecule has 9 rings (SSSR count). The van der Waals surface area contributed by atoms with Gasteiger partial charge in [0.25, 0.3) is 0 Å². The number of halogens is 1. The zero-order chi connectivity index (χ0) is 42.0. The summed E-state index contributed by atoms with van der Waals surface area (Å²) >= 11 is 0. The van der Waals surface area contributed by atoms with Gasteiger partial charge in [-0.3, -0.25) is 19.4 Å². The Morgan fingerprint density at radius 1 is 1.05 bits per heavy atom. The predicted molar refractivity (Wildman–Crippen MR) is 216 cm³/mol. The third-order valence-corrected chi connectivity index (χ3v) is 15.2. The van der Waals surface area contributed by atoms with Gasteiger partial charge in [-0.15, -0.1) is 0 Å². The van der Waals surface area contributed by atoms with Crippen LogP contribution in [-0.2, 0) is 46.0 Å². The summed E-state index contributed by atoms with van der Waals surface area (Å²) < 4.78 is 39.1. The number of para-hydroxylation sites is 1. The lowest BCUT2D eigenvalue weighted by Gasteiger charge is -2.59. The number of hydrogen-bond donors (Lipinski definition) is 3. The highest BCUT2D eigenvalue weighted by Gasteiger charge is 2.77. The molecule has 3 N–H and O–H groups in total. The summed E-state index contributed by atoms with van der Waals surface area (Å²) in [7, 11) is 5.98. The maximum Gasteiger partial charge on any atom is 0.344 e. The van der Waals surface area contributed by atoms with Crippen molar-refractivity contribution in [1.82, 2.24) is 14.8 Å². The molecule has 1 saturated carbocycles. The fourth-order valence-electron chi connectivity index (χ4n) is 13.0. The second-order valence-corrected chi connectivity index (χ2v) is 17.9. The van der Waals surface area contributed by atoms with Gasteiger partial charge in [-0.1, -0.05) is 36.8 Å². The van der Waals surface area contributed by atoms with Crippen LogP contribution in [0.15, 0.2) is 48.0 Å². The largest absolute Gasteiger partial charge is 0.496 e. The number of nitrogens with zero attached hydrogens (tertiary/aromatic N) is 3. The van der Waals surface area contributed by atoms with Crippen LogP contribution in [0.4, 0.5) is 10.1 Å². The topological polar surface area (TPSA) is 154 Å². The van der Waals surface area contributed by atoms with Crippen molar-refractivity contribution in [3.63, 3.8) is 0 Å². The van der Waals surface area contributed by atoms with E-state index in [1.807, 2.05) is 55.3 Å². The van der Waals surface area contributed by atoms with Crippen LogP contribution in [0, 0.1) is 11.8 Å². The first kappa shape index (κ1) is 39.9. The van der Waals surface area contributed by atoms with Crippen LogP contribution >= 0.6 is 0 Å². The lowest BCUT2D eigenvalue weighted by Crippen LogP contribution is -2.78. The van der Waals surface area contributed by atoms with Crippen molar-refractivity contribution in [2.75, 3.05) is 59.5 Å². The number of likely N-dealkylation sites (N-methyl/N-ethyl adjacent to an activating group) is 1. The fourth-order valence-corrected chi connectivity index (χ4v) is 13.0. The standard InChI is InChI=1S/C45H55FN4O9/c1-8-27-13-15-50-16-14-43-30-17-31(34(56-5)18-33(30)48(4)39(43)45(55,41(53)58-7)38(59-25(3)51)35(27)37(43)50)44(40(52)57-6)20-26-19-42(54,24(2)46)23-49(21-26)22-29-28-11-9-10-12-32(28)47-36(29)44/h9-13,17-18,24,26,35,37-39,47,54-55H,8,14-16,19-23H2,1-7H3/t24?,26-,35?,37-,38+,39+,42-,43+,44-,45+/m0/s1. The number of piperidine rings is 1. The van der Waals surface area contributed by atoms with E-state index < -0.39 is 64.2 Å². The SMILES string of the molecule is CCC1=CCN2CC[C@]34c5cc([C@@]6(C(=O)OC)C[C@H]7CN(Cc8c6[nH]c6ccccc86)C[C@](O)(C(C)F)C7)c(OC)cc5N(C)[C@H]3[C@@](O)(C(=O)OC)[C@H](OC(C)=O)C1[C@H]24. The lowest BCUT2D eigenvalue weighted by molar-refractivity contribution is -0.212. The molecular formula is C45H55FN4O9. The number of carbonyl (C=O) groups is 3. The minimum Gasteiger partial charge on any atom is -0.496 e. The molecule has 5 aliphatic heterocycles. The fraction of sp³-hybridized carbons (Fsp3) is 0.578. The quantitative estimate of drug-likeness (QED) is 0.180. The number of carbonyl (C=O) groups excluding carboxylic acids is 3. The van der Waals surface area contributed by atoms with Crippen molar-refractivity contribution < 1.29 is 47.9 Å². The van der Waals surface area contributed by atoms with Gasteiger partial charge < -0.3 is 39.0 Å². The van der Waals surface area contributed by atoms with Crippen molar-refractivity contribution >= 4 is 34.5 Å². The first-order valence-electron chi connectivity index (χ1n) is 20.8. The number of aromatic amines is 1. The molecule has 2 bridgehead atoms. The smallest absolute Gasteiger partial charge is 0.344 e. The molecule has 316 valence electrons. The van der Waals surface area contributed by atoms with Gasteiger partial charge in [-0.25, -0.2) is 9.18 Å². The van der Waals surface area contributed by atoms with Crippen LogP contribution in [0.3, 0.4) is 0 Å². The van der Waals surface area contributed by atoms with E-state index in [1.54, 1.807) is 7.11 Å². The second kappa shape index (κ2) is 13.8. The Morgan fingerprint density at radius 3 is 2.47 bits per heavy atom. The number of rotatable bonds is 7. The Morgan fingerprint density at radius 2 is 1.80 bits per heavy atom. The molecule has 1 aliphatic carbocycles. The maximum atomic E-state index is 15.4. The molecule has 3 fully saturated rings. The number of H-pyrrole nitrogens is 1. The van der Waals surface area contributed by atoms with Crippen molar-refractivity contribution in [3.05, 3.63) is 70.4 Å². The Bertz CT molecular complexity index is 2280. The van der Waals surface area contributed by atoms with Crippen molar-refractivity contribution in [2.24, 2.45) is 11.8 Å². The molecule has 3 aromatic rings. The number of ether oxygens (including phenoxy) is 4. The number of esters is 3. The third-order valence-electron chi connectivity index (χ3n) is 15.2. The first-order chi connectivity index (χ1) is 28.1. The van der Waals surface area contributed by atoms with Gasteiger partial charge >= 0.3 is 17.9 Å². The molecular weight excluding hydrogens is 760 g/mol. The van der Waals surface area contributed by atoms with E-state index in [9.17, 15) is 19.8 Å². The Hall–Kier alpha value is -4.50. The number of anilines is 1. The van der Waals surface area contributed by atoms with Gasteiger partial charge in [-0.05, 0) is 68.3 Å². The highest BCUT2D eigenvalue weighted by Crippen LogP contribution is 2.65. The number of alkyl halides is 1. The highest BCUT2D eigenvalue weighted by molar-refractivity contribution is 5.95. The number of methoxy groups -OCH3 is 3. The van der Waals surface area contributed by atoms with E-state index in [0.29, 0.717) is 61.7 Å². The molecule has 0 amide bonds. The van der Waals surface area contributed by atoms with E-state index in [4.69, 9.17) is 18.9 Å². The molecule has 0 radical (unpaired) electrons. The molecule has 2 saturated heterocycles. The van der Waals surface area contributed by atoms with Gasteiger partial charge in [-0.2, -0.15) is 0 Å². The van der Waals surface area contributed by atoms with Crippen LogP contribution in [0.5, 0.6) is 5.75 Å². The van der Waals surface area contributed by atoms with Crippen molar-refractivity contribution in [1.29, 1.82) is 0 Å². The summed E-state index contributed by atoms with van der Waals surface area (Å²) in [5.41, 5.74) is -1.10. The van der Waals surface area contributed by atoms with Crippen LogP contribution in [-0.4, -0.2) is 133 Å². The summed E-state index contributed by atoms with van der Waals surface area (Å²) in [4.78, 5) is 52.4. The summed E-state index contributed by atoms with van der Waals surface area (Å²) in [6.45, 7) is 6.99. The summed E-state index contributed by atoms with van der Waals surface area (Å²) in [6.07, 6.45) is 0.792. The monoisotopic (exact) mass is 814 g/mol. The number of aliphatic hydroxyl groups is 2. The third kappa shape index (κ3) is 5.24. The number of aromatic nitrogens is 1. The molecule has 3 unspecified atom stereocenters. The molecule has 14 heteroatoms. The van der Waals surface area contributed by atoms with Gasteiger partial charge in [0.1, 0.15) is 22.9 Å². The van der Waals surface area contributed by atoms with E-state index in [2.05, 4.69) is 20.9 Å². The van der Waals surface area contributed by atoms with E-state index >= 15 is 9.18 Å². The summed E-state index contributed by atoms with van der Waals surface area (Å²) in [6, 6.07) is 10.5. The summed E-state index contributed by atoms with van der Waals surface area (Å²) in [5.74, 6) is -2.58. The highest BCUT2D eigenvalue weighted by atomic mass is 19.1. The van der Waals surface area contributed by atoms with Crippen LogP contribution < -0.4 is 9.64 Å². The molecule has 1 aromatic heterocycles. The van der Waals surface area contributed by atoms with E-state index in [-0.39, 0.29) is 31.3 Å². The second-order valence-electron chi connectivity index (χ2n) is 17.9. The average Bonchev–Trinajstić information content (AvgIpc) is 3.86. The Balaban J connectivity index is 1.35. The van der Waals surface area contributed by atoms with Crippen molar-refractivity contribution in [3.8, 4) is 5.75 Å². The van der Waals surface area contributed by atoms with E-state index in [0.717, 1.165) is 27.6 Å². The zero-order valence-electron chi connectivity index (χ0n) is 34.8. The number of benzene rings is 2. The van der Waals surface area contributed by atoms with Gasteiger partial charge in [0.2, 0.25) is 5.60 Å². The van der Waals surface area contributed by atoms with Crippen LogP contribution in [0.1, 0.15) is 68.8 Å². The molecule has 1 spiro atoms. The Labute approximate surface area is 343 Å². The predicted octanol–water partition coefficient (Wildman–Crippen LogP) is 3.90. The molecule has 6 aliphatic rings. The molecule has 2 aromatic carbocycles. The summed E-state index contributed by atoms with van der Waals surface area (Å²) in [5, 5.41) is 26.0. The lowest BCUT2D eigenvalue weighted by atomic mass is 9.52. The van der Waals surface area contributed by atoms with E-state index in [1.165, 1.54) is 28.1 Å². The number of fused-ring (bicyclic) bond motifs is 6. The maximum absolute atomic E-state index is 15.4. The van der Waals surface area contributed by atoms with Crippen LogP contribution in [0.25, 0.3) is 10.9 Å². The Kier molecular flexibility index (Phi) is 9.32. The molecule has 59 heavy (non-hydrogen) atoms. The zero-order valence-corrected chi connectivity index (χ0v) is 34.8. The molecule has 11 atom stereocenters. The van der Waals surface area contributed by atoms with Crippen molar-refractivity contribution in [2.45, 2.75) is 99.4 Å². The minimum absolute atomic E-state index is 0.131. The number of nitrogens with one attached hydrogen (secondary N) is 1. The van der Waals surface area contributed by atoms with Gasteiger partial charge in [0.05, 0.1) is 27.4 Å². The molecule has 13 nitrogen and oxygen atoms in total.